The van der Waals surface area contributed by atoms with Crippen LogP contribution < -0.4 is 0 Å². The van der Waals surface area contributed by atoms with Crippen molar-refractivity contribution in [2.45, 2.75) is 25.7 Å². The first kappa shape index (κ1) is 3.55. The van der Waals surface area contributed by atoms with Crippen LogP contribution in [0.5, 0.6) is 0 Å². The third-order valence-corrected chi connectivity index (χ3v) is 1.94. The molecule has 0 bridgehead atoms. The Morgan fingerprint density at radius 3 is 2.29 bits per heavy atom. The van der Waals surface area contributed by atoms with Crippen molar-refractivity contribution >= 4 is 0 Å². The molecule has 1 fully saturated rings. The van der Waals surface area contributed by atoms with E-state index in [4.69, 9.17) is 0 Å². The molecule has 0 amide bonds. The van der Waals surface area contributed by atoms with Crippen LogP contribution in [-0.4, -0.2) is 0 Å². The Morgan fingerprint density at radius 2 is 2.00 bits per heavy atom. The van der Waals surface area contributed by atoms with Crippen LogP contribution in [0, 0.1) is 17.3 Å². The first-order valence-electron chi connectivity index (χ1n) is 2.91. The zero-order valence-corrected chi connectivity index (χ0v) is 4.33. The maximum atomic E-state index is 3.26. The summed E-state index contributed by atoms with van der Waals surface area (Å²) in [4.78, 5) is 0. The lowest BCUT2D eigenvalue weighted by Gasteiger charge is -1.93. The fourth-order valence-corrected chi connectivity index (χ4v) is 1.14. The molecule has 0 N–H and O–H groups in total. The number of rotatable bonds is 0. The van der Waals surface area contributed by atoms with Crippen LogP contribution in [0.15, 0.2) is 0 Å². The summed E-state index contributed by atoms with van der Waals surface area (Å²) in [6.45, 7) is 0. The highest BCUT2D eigenvalue weighted by molar-refractivity contribution is 5.24. The minimum Gasteiger partial charge on any atom is -0.103 e. The smallest absolute Gasteiger partial charge is 0.0324 e. The summed E-state index contributed by atoms with van der Waals surface area (Å²) in [6, 6.07) is 0. The van der Waals surface area contributed by atoms with Gasteiger partial charge in [-0.3, -0.25) is 0 Å². The minimum atomic E-state index is 0.583. The van der Waals surface area contributed by atoms with Gasteiger partial charge in [0.15, 0.2) is 0 Å². The third-order valence-electron chi connectivity index (χ3n) is 1.94. The second-order valence-corrected chi connectivity index (χ2v) is 2.58. The van der Waals surface area contributed by atoms with Crippen molar-refractivity contribution in [3.8, 4) is 11.8 Å². The van der Waals surface area contributed by atoms with E-state index < -0.39 is 0 Å². The SMILES string of the molecule is C1#CC2(CC1)CC2. The zero-order chi connectivity index (χ0) is 4.74. The summed E-state index contributed by atoms with van der Waals surface area (Å²) in [5.74, 6) is 6.38. The van der Waals surface area contributed by atoms with E-state index in [1.165, 1.54) is 25.7 Å². The third kappa shape index (κ3) is 0.383. The van der Waals surface area contributed by atoms with E-state index in [1.54, 1.807) is 0 Å². The molecule has 0 saturated heterocycles. The molecule has 2 rings (SSSR count). The predicted molar refractivity (Wildman–Crippen MR) is 28.7 cm³/mol. The number of hydrogen-bond acceptors (Lipinski definition) is 0. The monoisotopic (exact) mass is 92.1 g/mol. The molecule has 0 aromatic rings. The van der Waals surface area contributed by atoms with E-state index >= 15 is 0 Å². The van der Waals surface area contributed by atoms with Crippen LogP contribution in [0.2, 0.25) is 0 Å². The molecule has 1 saturated carbocycles. The van der Waals surface area contributed by atoms with E-state index in [2.05, 4.69) is 11.8 Å². The highest BCUT2D eigenvalue weighted by atomic mass is 14.4. The van der Waals surface area contributed by atoms with Gasteiger partial charge in [-0.05, 0) is 19.3 Å². The quantitative estimate of drug-likeness (QED) is 0.398. The van der Waals surface area contributed by atoms with E-state index in [0.29, 0.717) is 5.41 Å². The van der Waals surface area contributed by atoms with Crippen molar-refractivity contribution in [3.63, 3.8) is 0 Å². The molecule has 0 radical (unpaired) electrons. The average molecular weight is 92.1 g/mol. The van der Waals surface area contributed by atoms with Gasteiger partial charge in [-0.2, -0.15) is 0 Å². The lowest BCUT2D eigenvalue weighted by Crippen LogP contribution is -1.86. The Labute approximate surface area is 43.9 Å². The van der Waals surface area contributed by atoms with Crippen molar-refractivity contribution in [2.75, 3.05) is 0 Å². The Hall–Kier alpha value is -0.440. The average Bonchev–Trinajstić information content (AvgIpc) is 2.15. The molecule has 36 valence electrons. The van der Waals surface area contributed by atoms with Crippen molar-refractivity contribution in [2.24, 2.45) is 5.41 Å². The van der Waals surface area contributed by atoms with Gasteiger partial charge in [-0.15, -0.1) is 5.92 Å². The first-order chi connectivity index (χ1) is 3.41. The van der Waals surface area contributed by atoms with Crippen molar-refractivity contribution in [3.05, 3.63) is 0 Å². The Morgan fingerprint density at radius 1 is 1.14 bits per heavy atom. The molecule has 1 spiro atoms. The maximum Gasteiger partial charge on any atom is 0.0324 e. The van der Waals surface area contributed by atoms with Gasteiger partial charge >= 0.3 is 0 Å². The van der Waals surface area contributed by atoms with Gasteiger partial charge < -0.3 is 0 Å². The van der Waals surface area contributed by atoms with Gasteiger partial charge in [0.05, 0.1) is 0 Å². The highest BCUT2D eigenvalue weighted by Crippen LogP contribution is 2.50. The molecule has 0 unspecified atom stereocenters. The molecule has 0 aliphatic heterocycles. The van der Waals surface area contributed by atoms with Crippen molar-refractivity contribution < 1.29 is 0 Å². The predicted octanol–water partition coefficient (Wildman–Crippen LogP) is 1.56. The van der Waals surface area contributed by atoms with E-state index in [0.717, 1.165) is 0 Å². The molecule has 2 aliphatic carbocycles. The standard InChI is InChI=1S/C7H8/c1-2-4-7(3-1)5-6-7/h1,3,5-6H2. The van der Waals surface area contributed by atoms with Gasteiger partial charge in [0, 0.05) is 11.8 Å². The highest BCUT2D eigenvalue weighted by Gasteiger charge is 2.41. The van der Waals surface area contributed by atoms with E-state index in [1.807, 2.05) is 0 Å². The van der Waals surface area contributed by atoms with E-state index in [-0.39, 0.29) is 0 Å². The van der Waals surface area contributed by atoms with Gasteiger partial charge in [0.2, 0.25) is 0 Å². The van der Waals surface area contributed by atoms with Gasteiger partial charge in [-0.1, -0.05) is 5.92 Å². The Balaban J connectivity index is 2.27. The van der Waals surface area contributed by atoms with Crippen molar-refractivity contribution in [1.82, 2.24) is 0 Å². The van der Waals surface area contributed by atoms with Gasteiger partial charge in [-0.25, -0.2) is 0 Å². The second kappa shape index (κ2) is 0.865. The van der Waals surface area contributed by atoms with Crippen LogP contribution in [0.4, 0.5) is 0 Å². The van der Waals surface area contributed by atoms with Crippen LogP contribution in [0.1, 0.15) is 25.7 Å². The summed E-state index contributed by atoms with van der Waals surface area (Å²) < 4.78 is 0. The molecule has 0 nitrogen and oxygen atoms in total. The molecule has 0 aromatic heterocycles. The van der Waals surface area contributed by atoms with Crippen LogP contribution in [-0.2, 0) is 0 Å². The second-order valence-electron chi connectivity index (χ2n) is 2.58. The zero-order valence-electron chi connectivity index (χ0n) is 4.33. The largest absolute Gasteiger partial charge is 0.103 e. The van der Waals surface area contributed by atoms with Crippen LogP contribution >= 0.6 is 0 Å². The lowest BCUT2D eigenvalue weighted by molar-refractivity contribution is 0.646. The fraction of sp³-hybridized carbons (Fsp3) is 0.714. The Bertz CT molecular complexity index is 141. The first-order valence-corrected chi connectivity index (χ1v) is 2.91. The van der Waals surface area contributed by atoms with Crippen LogP contribution in [0.25, 0.3) is 0 Å². The molecular formula is C7H8. The summed E-state index contributed by atoms with van der Waals surface area (Å²) in [6.07, 6.45) is 5.28. The molecule has 7 heavy (non-hydrogen) atoms. The van der Waals surface area contributed by atoms with Gasteiger partial charge in [0.25, 0.3) is 0 Å². The summed E-state index contributed by atoms with van der Waals surface area (Å²) in [5, 5.41) is 0. The van der Waals surface area contributed by atoms with E-state index in [9.17, 15) is 0 Å². The van der Waals surface area contributed by atoms with Crippen molar-refractivity contribution in [1.29, 1.82) is 0 Å². The summed E-state index contributed by atoms with van der Waals surface area (Å²) >= 11 is 0. The maximum absolute atomic E-state index is 3.26. The molecule has 2 aliphatic rings. The summed E-state index contributed by atoms with van der Waals surface area (Å²) in [5.41, 5.74) is 0.583. The fourth-order valence-electron chi connectivity index (χ4n) is 1.14. The minimum absolute atomic E-state index is 0.583. The number of hydrogen-bond donors (Lipinski definition) is 0. The molecule has 0 atom stereocenters. The lowest BCUT2D eigenvalue weighted by atomic mass is 10.1. The van der Waals surface area contributed by atoms with Gasteiger partial charge in [0.1, 0.15) is 0 Å². The molecule has 0 aromatic carbocycles. The Kier molecular flexibility index (Phi) is 0.439. The molecule has 0 heterocycles. The molecular weight excluding hydrogens is 84.1 g/mol. The van der Waals surface area contributed by atoms with Crippen LogP contribution in [0.3, 0.4) is 0 Å². The molecule has 0 heteroatoms. The topological polar surface area (TPSA) is 0 Å². The summed E-state index contributed by atoms with van der Waals surface area (Å²) in [7, 11) is 0. The normalized spacial score (nSPS) is 29.7.